The Kier molecular flexibility index (Phi) is 9.86. The summed E-state index contributed by atoms with van der Waals surface area (Å²) in [4.78, 5) is 22.8. The van der Waals surface area contributed by atoms with Crippen molar-refractivity contribution in [2.45, 2.75) is 78.3 Å². The van der Waals surface area contributed by atoms with Crippen molar-refractivity contribution in [3.05, 3.63) is 0 Å². The molecule has 0 aliphatic rings. The number of carbonyl (C=O) groups is 2. The normalized spacial score (nSPS) is 13.8. The summed E-state index contributed by atoms with van der Waals surface area (Å²) in [6, 6.07) is -1.14. The number of hydrogen-bond donors (Lipinski definition) is 3. The van der Waals surface area contributed by atoms with E-state index in [9.17, 15) is 9.59 Å². The molecule has 0 aliphatic carbocycles. The van der Waals surface area contributed by atoms with E-state index in [0.29, 0.717) is 6.42 Å². The lowest BCUT2D eigenvalue weighted by atomic mass is 10.0. The molecule has 0 aliphatic heterocycles. The van der Waals surface area contributed by atoms with E-state index in [1.165, 1.54) is 19.3 Å². The smallest absolute Gasteiger partial charge is 0.326 e. The van der Waals surface area contributed by atoms with Crippen molar-refractivity contribution in [2.24, 2.45) is 5.92 Å². The molecular weight excluding hydrogens is 256 g/mol. The summed E-state index contributed by atoms with van der Waals surface area (Å²) in [5.74, 6) is -0.757. The Bertz CT molecular complexity index is 293. The molecule has 0 saturated heterocycles. The SMILES string of the molecule is CCCCCCC(C)NC(=O)N[C@H](CC(C)C)C(=O)O. The number of hydrogen-bond acceptors (Lipinski definition) is 2. The van der Waals surface area contributed by atoms with Crippen LogP contribution in [0.4, 0.5) is 4.79 Å². The number of aliphatic carboxylic acids is 1. The van der Waals surface area contributed by atoms with Crippen molar-refractivity contribution >= 4 is 12.0 Å². The first-order chi connectivity index (χ1) is 9.36. The van der Waals surface area contributed by atoms with Crippen LogP contribution >= 0.6 is 0 Å². The van der Waals surface area contributed by atoms with Crippen LogP contribution < -0.4 is 10.6 Å². The predicted octanol–water partition coefficient (Wildman–Crippen LogP) is 3.14. The van der Waals surface area contributed by atoms with E-state index in [0.717, 1.165) is 12.8 Å². The highest BCUT2D eigenvalue weighted by molar-refractivity contribution is 5.82. The minimum atomic E-state index is -0.982. The number of urea groups is 1. The highest BCUT2D eigenvalue weighted by Crippen LogP contribution is 2.06. The third-order valence-electron chi connectivity index (χ3n) is 3.18. The van der Waals surface area contributed by atoms with Crippen LogP contribution in [0.15, 0.2) is 0 Å². The largest absolute Gasteiger partial charge is 0.480 e. The average Bonchev–Trinajstić information content (AvgIpc) is 2.33. The molecule has 0 fully saturated rings. The molecule has 5 heteroatoms. The maximum Gasteiger partial charge on any atom is 0.326 e. The summed E-state index contributed by atoms with van der Waals surface area (Å²) in [5.41, 5.74) is 0. The van der Waals surface area contributed by atoms with Gasteiger partial charge in [0.05, 0.1) is 0 Å². The van der Waals surface area contributed by atoms with Gasteiger partial charge in [0.2, 0.25) is 0 Å². The van der Waals surface area contributed by atoms with Gasteiger partial charge in [0.25, 0.3) is 0 Å². The van der Waals surface area contributed by atoms with Crippen LogP contribution in [0.25, 0.3) is 0 Å². The second-order valence-corrected chi connectivity index (χ2v) is 5.89. The predicted molar refractivity (Wildman–Crippen MR) is 80.8 cm³/mol. The molecule has 0 aromatic carbocycles. The molecule has 118 valence electrons. The fourth-order valence-electron chi connectivity index (χ4n) is 2.07. The van der Waals surface area contributed by atoms with Crippen LogP contribution in [-0.2, 0) is 4.79 Å². The second-order valence-electron chi connectivity index (χ2n) is 5.89. The summed E-state index contributed by atoms with van der Waals surface area (Å²) in [6.45, 7) is 7.98. The first-order valence-corrected chi connectivity index (χ1v) is 7.66. The van der Waals surface area contributed by atoms with Gasteiger partial charge < -0.3 is 15.7 Å². The quantitative estimate of drug-likeness (QED) is 0.540. The second kappa shape index (κ2) is 10.5. The summed E-state index contributed by atoms with van der Waals surface area (Å²) in [5, 5.41) is 14.4. The van der Waals surface area contributed by atoms with Gasteiger partial charge in [-0.2, -0.15) is 0 Å². The highest BCUT2D eigenvalue weighted by Gasteiger charge is 2.21. The first kappa shape index (κ1) is 18.7. The number of carboxylic acid groups (broad SMARTS) is 1. The fraction of sp³-hybridized carbons (Fsp3) is 0.867. The molecule has 0 heterocycles. The third kappa shape index (κ3) is 9.64. The van der Waals surface area contributed by atoms with Gasteiger partial charge >= 0.3 is 12.0 Å². The van der Waals surface area contributed by atoms with Crippen molar-refractivity contribution in [1.29, 1.82) is 0 Å². The van der Waals surface area contributed by atoms with Crippen LogP contribution in [0.1, 0.15) is 66.2 Å². The molecule has 0 aromatic heterocycles. The lowest BCUT2D eigenvalue weighted by Gasteiger charge is -2.19. The monoisotopic (exact) mass is 286 g/mol. The van der Waals surface area contributed by atoms with E-state index in [1.54, 1.807) is 0 Å². The summed E-state index contributed by atoms with van der Waals surface area (Å²) in [7, 11) is 0. The van der Waals surface area contributed by atoms with Crippen molar-refractivity contribution < 1.29 is 14.7 Å². The number of rotatable bonds is 10. The van der Waals surface area contributed by atoms with Crippen LogP contribution in [-0.4, -0.2) is 29.2 Å². The van der Waals surface area contributed by atoms with Crippen molar-refractivity contribution in [1.82, 2.24) is 10.6 Å². The lowest BCUT2D eigenvalue weighted by Crippen LogP contribution is -2.48. The fourth-order valence-corrected chi connectivity index (χ4v) is 2.07. The number of amides is 2. The number of unbranched alkanes of at least 4 members (excludes halogenated alkanes) is 3. The molecule has 1 unspecified atom stereocenters. The van der Waals surface area contributed by atoms with Crippen molar-refractivity contribution in [3.63, 3.8) is 0 Å². The van der Waals surface area contributed by atoms with Crippen LogP contribution in [0, 0.1) is 5.92 Å². The molecule has 2 atom stereocenters. The van der Waals surface area contributed by atoms with Gasteiger partial charge in [0.1, 0.15) is 6.04 Å². The molecule has 2 amide bonds. The van der Waals surface area contributed by atoms with Gasteiger partial charge in [-0.3, -0.25) is 0 Å². The molecule has 0 bridgehead atoms. The standard InChI is InChI=1S/C15H30N2O3/c1-5-6-7-8-9-12(4)16-15(20)17-13(14(18)19)10-11(2)3/h11-13H,5-10H2,1-4H3,(H,18,19)(H2,16,17,20)/t12?,13-/m1/s1. The Morgan fingerprint density at radius 1 is 1.05 bits per heavy atom. The number of carbonyl (C=O) groups excluding carboxylic acids is 1. The van der Waals surface area contributed by atoms with Gasteiger partial charge in [-0.1, -0.05) is 46.5 Å². The van der Waals surface area contributed by atoms with Crippen LogP contribution in [0.2, 0.25) is 0 Å². The number of nitrogens with one attached hydrogen (secondary N) is 2. The molecule has 0 radical (unpaired) electrons. The first-order valence-electron chi connectivity index (χ1n) is 7.66. The van der Waals surface area contributed by atoms with E-state index < -0.39 is 12.0 Å². The van der Waals surface area contributed by atoms with Gasteiger partial charge in [0, 0.05) is 6.04 Å². The topological polar surface area (TPSA) is 78.4 Å². The zero-order chi connectivity index (χ0) is 15.5. The van der Waals surface area contributed by atoms with Gasteiger partial charge in [-0.15, -0.1) is 0 Å². The molecule has 0 spiro atoms. The van der Waals surface area contributed by atoms with E-state index in [2.05, 4.69) is 17.6 Å². The third-order valence-corrected chi connectivity index (χ3v) is 3.18. The Morgan fingerprint density at radius 3 is 2.20 bits per heavy atom. The Hall–Kier alpha value is -1.26. The van der Waals surface area contributed by atoms with Crippen molar-refractivity contribution in [2.75, 3.05) is 0 Å². The molecule has 0 rings (SSSR count). The van der Waals surface area contributed by atoms with E-state index >= 15 is 0 Å². The lowest BCUT2D eigenvalue weighted by molar-refractivity contribution is -0.139. The Labute approximate surface area is 122 Å². The Balaban J connectivity index is 4.02. The Morgan fingerprint density at radius 2 is 1.70 bits per heavy atom. The summed E-state index contributed by atoms with van der Waals surface area (Å²) < 4.78 is 0. The maximum atomic E-state index is 11.8. The zero-order valence-electron chi connectivity index (χ0n) is 13.2. The average molecular weight is 286 g/mol. The molecular formula is C15H30N2O3. The van der Waals surface area contributed by atoms with Crippen LogP contribution in [0.5, 0.6) is 0 Å². The molecule has 3 N–H and O–H groups in total. The molecule has 20 heavy (non-hydrogen) atoms. The van der Waals surface area contributed by atoms with E-state index in [-0.39, 0.29) is 18.0 Å². The number of carboxylic acids is 1. The summed E-state index contributed by atoms with van der Waals surface area (Å²) >= 11 is 0. The highest BCUT2D eigenvalue weighted by atomic mass is 16.4. The van der Waals surface area contributed by atoms with Gasteiger partial charge in [-0.25, -0.2) is 9.59 Å². The van der Waals surface area contributed by atoms with Gasteiger partial charge in [-0.05, 0) is 25.7 Å². The minimum absolute atomic E-state index is 0.0698. The molecule has 0 saturated carbocycles. The maximum absolute atomic E-state index is 11.8. The zero-order valence-corrected chi connectivity index (χ0v) is 13.2. The molecule has 5 nitrogen and oxygen atoms in total. The van der Waals surface area contributed by atoms with Gasteiger partial charge in [0.15, 0.2) is 0 Å². The van der Waals surface area contributed by atoms with Crippen LogP contribution in [0.3, 0.4) is 0 Å². The van der Waals surface area contributed by atoms with E-state index in [1.807, 2.05) is 20.8 Å². The van der Waals surface area contributed by atoms with Crippen molar-refractivity contribution in [3.8, 4) is 0 Å². The molecule has 0 aromatic rings. The minimum Gasteiger partial charge on any atom is -0.480 e. The van der Waals surface area contributed by atoms with E-state index in [4.69, 9.17) is 5.11 Å². The summed E-state index contributed by atoms with van der Waals surface area (Å²) in [6.07, 6.45) is 6.04.